The number of carbonyl (C=O) groups is 1. The van der Waals surface area contributed by atoms with Crippen LogP contribution in [0.4, 0.5) is 0 Å². The van der Waals surface area contributed by atoms with E-state index < -0.39 is 0 Å². The van der Waals surface area contributed by atoms with E-state index in [-0.39, 0.29) is 22.7 Å². The molecule has 0 saturated carbocycles. The molecule has 0 spiro atoms. The van der Waals surface area contributed by atoms with Crippen LogP contribution in [-0.4, -0.2) is 25.1 Å². The second kappa shape index (κ2) is 10.1. The van der Waals surface area contributed by atoms with Gasteiger partial charge in [-0.2, -0.15) is 0 Å². The molecule has 0 heterocycles. The minimum Gasteiger partial charge on any atom is -0.275 e. The fourth-order valence-electron chi connectivity index (χ4n) is 4.69. The van der Waals surface area contributed by atoms with Crippen LogP contribution in [-0.2, 0) is 20.5 Å². The van der Waals surface area contributed by atoms with Gasteiger partial charge in [-0.1, -0.05) is 91.3 Å². The average molecular weight is 402 g/mol. The Morgan fingerprint density at radius 1 is 1.00 bits per heavy atom. The molecule has 0 bridgehead atoms. The molecule has 1 aromatic rings. The number of hydrogen-bond acceptors (Lipinski definition) is 2. The lowest BCUT2D eigenvalue weighted by molar-refractivity contribution is -0.170. The summed E-state index contributed by atoms with van der Waals surface area (Å²) >= 11 is 0. The Morgan fingerprint density at radius 3 is 2.21 bits per heavy atom. The van der Waals surface area contributed by atoms with Crippen molar-refractivity contribution in [1.82, 2.24) is 5.06 Å². The van der Waals surface area contributed by atoms with Crippen LogP contribution >= 0.6 is 0 Å². The molecule has 1 aliphatic rings. The number of likely N-dealkylation sites (N-methyl/N-ethyl adjacent to an activating group) is 1. The van der Waals surface area contributed by atoms with Crippen LogP contribution in [0.5, 0.6) is 0 Å². The van der Waals surface area contributed by atoms with Crippen molar-refractivity contribution >= 4 is 5.91 Å². The first-order valence-corrected chi connectivity index (χ1v) is 11.6. The molecule has 3 nitrogen and oxygen atoms in total. The maximum atomic E-state index is 13.1. The zero-order chi connectivity index (χ0) is 21.7. The number of hydrogen-bond donors (Lipinski definition) is 0. The number of unbranched alkanes of at least 4 members (excludes halogenated alkanes) is 5. The minimum absolute atomic E-state index is 0.0638. The van der Waals surface area contributed by atoms with Gasteiger partial charge in [0.25, 0.3) is 5.91 Å². The number of amides is 1. The van der Waals surface area contributed by atoms with Gasteiger partial charge in [0.05, 0.1) is 13.0 Å². The van der Waals surface area contributed by atoms with E-state index in [0.717, 1.165) is 18.4 Å². The number of hydroxylamine groups is 2. The van der Waals surface area contributed by atoms with E-state index in [1.54, 1.807) is 14.2 Å². The predicted molar refractivity (Wildman–Crippen MR) is 122 cm³/mol. The lowest BCUT2D eigenvalue weighted by Crippen LogP contribution is -2.35. The predicted octanol–water partition coefficient (Wildman–Crippen LogP) is 6.89. The van der Waals surface area contributed by atoms with Gasteiger partial charge >= 0.3 is 0 Å². The molecular weight excluding hydrogens is 358 g/mol. The van der Waals surface area contributed by atoms with Crippen molar-refractivity contribution in [3.63, 3.8) is 0 Å². The molecule has 0 N–H and O–H groups in total. The summed E-state index contributed by atoms with van der Waals surface area (Å²) in [5.41, 5.74) is 4.38. The summed E-state index contributed by atoms with van der Waals surface area (Å²) in [6.45, 7) is 11.6. The molecule has 1 amide bonds. The molecule has 1 aromatic carbocycles. The van der Waals surface area contributed by atoms with Gasteiger partial charge in [-0.15, -0.1) is 0 Å². The summed E-state index contributed by atoms with van der Waals surface area (Å²) in [5.74, 6) is -0.0638. The first-order chi connectivity index (χ1) is 13.6. The molecule has 1 aliphatic carbocycles. The number of rotatable bonds is 10. The third kappa shape index (κ3) is 5.84. The van der Waals surface area contributed by atoms with E-state index in [2.05, 4.69) is 52.8 Å². The van der Waals surface area contributed by atoms with Crippen molar-refractivity contribution in [3.8, 4) is 0 Å². The largest absolute Gasteiger partial charge is 0.275 e. The van der Waals surface area contributed by atoms with Gasteiger partial charge in [0.15, 0.2) is 0 Å². The highest BCUT2D eigenvalue weighted by atomic mass is 16.7. The molecule has 1 unspecified atom stereocenters. The van der Waals surface area contributed by atoms with Gasteiger partial charge < -0.3 is 0 Å². The number of fused-ring (bicyclic) bond motifs is 1. The van der Waals surface area contributed by atoms with Gasteiger partial charge in [0.1, 0.15) is 0 Å². The van der Waals surface area contributed by atoms with Crippen molar-refractivity contribution in [2.45, 2.75) is 109 Å². The summed E-state index contributed by atoms with van der Waals surface area (Å²) in [6, 6.07) is 6.82. The van der Waals surface area contributed by atoms with Gasteiger partial charge in [-0.3, -0.25) is 9.63 Å². The summed E-state index contributed by atoms with van der Waals surface area (Å²) in [6.07, 6.45) is 10.7. The third-order valence-corrected chi connectivity index (χ3v) is 7.01. The standard InChI is InChI=1S/C26H43NO2/c1-8-9-10-11-12-13-14-21(24(28)27(6)29-7)20-15-16-22-23(19-20)26(4,5)18-17-25(22,2)3/h15-16,19,21H,8-14,17-18H2,1-7H3. The lowest BCUT2D eigenvalue weighted by Gasteiger charge is -2.42. The van der Waals surface area contributed by atoms with Crippen molar-refractivity contribution in [3.05, 3.63) is 34.9 Å². The Hall–Kier alpha value is -1.35. The van der Waals surface area contributed by atoms with Crippen LogP contribution in [0.3, 0.4) is 0 Å². The topological polar surface area (TPSA) is 29.5 Å². The van der Waals surface area contributed by atoms with E-state index in [1.165, 1.54) is 61.1 Å². The molecule has 2 rings (SSSR count). The second-order valence-electron chi connectivity index (χ2n) is 10.2. The highest BCUT2D eigenvalue weighted by Gasteiger charge is 2.37. The molecule has 3 heteroatoms. The Labute approximate surface area is 179 Å². The maximum absolute atomic E-state index is 13.1. The van der Waals surface area contributed by atoms with E-state index in [9.17, 15) is 4.79 Å². The number of carbonyl (C=O) groups excluding carboxylic acids is 1. The minimum atomic E-state index is -0.128. The van der Waals surface area contributed by atoms with Gasteiger partial charge in [-0.25, -0.2) is 5.06 Å². The molecule has 0 saturated heterocycles. The van der Waals surface area contributed by atoms with E-state index >= 15 is 0 Å². The third-order valence-electron chi connectivity index (χ3n) is 7.01. The first-order valence-electron chi connectivity index (χ1n) is 11.6. The zero-order valence-electron chi connectivity index (χ0n) is 19.9. The van der Waals surface area contributed by atoms with Gasteiger partial charge in [-0.05, 0) is 46.8 Å². The maximum Gasteiger partial charge on any atom is 0.253 e. The van der Waals surface area contributed by atoms with Crippen molar-refractivity contribution in [1.29, 1.82) is 0 Å². The van der Waals surface area contributed by atoms with Crippen LogP contribution < -0.4 is 0 Å². The quantitative estimate of drug-likeness (QED) is 0.315. The van der Waals surface area contributed by atoms with Gasteiger partial charge in [0.2, 0.25) is 0 Å². The molecule has 29 heavy (non-hydrogen) atoms. The molecule has 0 radical (unpaired) electrons. The monoisotopic (exact) mass is 401 g/mol. The van der Waals surface area contributed by atoms with E-state index in [1.807, 2.05) is 0 Å². The van der Waals surface area contributed by atoms with Crippen LogP contribution in [0.1, 0.15) is 115 Å². The van der Waals surface area contributed by atoms with Crippen LogP contribution in [0.25, 0.3) is 0 Å². The van der Waals surface area contributed by atoms with E-state index in [0.29, 0.717) is 0 Å². The Balaban J connectivity index is 2.27. The molecule has 0 fully saturated rings. The highest BCUT2D eigenvalue weighted by Crippen LogP contribution is 2.46. The fourth-order valence-corrected chi connectivity index (χ4v) is 4.69. The molecule has 164 valence electrons. The molecule has 1 atom stereocenters. The van der Waals surface area contributed by atoms with Crippen LogP contribution in [0.15, 0.2) is 18.2 Å². The zero-order valence-corrected chi connectivity index (χ0v) is 19.9. The average Bonchev–Trinajstić information content (AvgIpc) is 2.69. The van der Waals surface area contributed by atoms with Crippen molar-refractivity contribution in [2.75, 3.05) is 14.2 Å². The van der Waals surface area contributed by atoms with Gasteiger partial charge in [0, 0.05) is 7.05 Å². The molecule has 0 aliphatic heterocycles. The lowest BCUT2D eigenvalue weighted by atomic mass is 9.62. The Kier molecular flexibility index (Phi) is 8.34. The van der Waals surface area contributed by atoms with Crippen molar-refractivity contribution < 1.29 is 9.63 Å². The van der Waals surface area contributed by atoms with E-state index in [4.69, 9.17) is 4.84 Å². The SMILES string of the molecule is CCCCCCCCC(C(=O)N(C)OC)c1ccc2c(c1)C(C)(C)CCC2(C)C. The number of benzene rings is 1. The summed E-state index contributed by atoms with van der Waals surface area (Å²) in [7, 11) is 3.29. The smallest absolute Gasteiger partial charge is 0.253 e. The Morgan fingerprint density at radius 2 is 1.59 bits per heavy atom. The number of nitrogens with zero attached hydrogens (tertiary/aromatic N) is 1. The van der Waals surface area contributed by atoms with Crippen LogP contribution in [0.2, 0.25) is 0 Å². The normalized spacial score (nSPS) is 18.2. The fraction of sp³-hybridized carbons (Fsp3) is 0.731. The summed E-state index contributed by atoms with van der Waals surface area (Å²) in [5, 5.41) is 1.40. The second-order valence-corrected chi connectivity index (χ2v) is 10.2. The van der Waals surface area contributed by atoms with Crippen molar-refractivity contribution in [2.24, 2.45) is 0 Å². The summed E-state index contributed by atoms with van der Waals surface area (Å²) < 4.78 is 0. The highest BCUT2D eigenvalue weighted by molar-refractivity contribution is 5.82. The molecule has 0 aromatic heterocycles. The first kappa shape index (κ1) is 23.9. The van der Waals surface area contributed by atoms with Crippen LogP contribution in [0, 0.1) is 0 Å². The summed E-state index contributed by atoms with van der Waals surface area (Å²) in [4.78, 5) is 18.3. The Bertz CT molecular complexity index is 677. The molecular formula is C26H43NO2.